The minimum atomic E-state index is 0.712. The lowest BCUT2D eigenvalue weighted by Gasteiger charge is -2.07. The van der Waals surface area contributed by atoms with E-state index < -0.39 is 0 Å². The molecule has 0 aliphatic heterocycles. The second kappa shape index (κ2) is 5.29. The second-order valence-corrected chi connectivity index (χ2v) is 5.03. The number of aromatic nitrogens is 1. The third-order valence-corrected chi connectivity index (χ3v) is 3.50. The number of ether oxygens (including phenoxy) is 1. The standard InChI is InChI=1S/C13H16N2OS/c1-9-10(2)17-13(15-9)16-12-7-5-4-6-11(12)8-14-3/h4-7,14H,8H2,1-3H3. The second-order valence-electron chi connectivity index (χ2n) is 3.86. The zero-order valence-electron chi connectivity index (χ0n) is 10.3. The first-order valence-electron chi connectivity index (χ1n) is 5.55. The molecule has 0 saturated heterocycles. The van der Waals surface area contributed by atoms with Gasteiger partial charge >= 0.3 is 0 Å². The minimum absolute atomic E-state index is 0.712. The summed E-state index contributed by atoms with van der Waals surface area (Å²) < 4.78 is 5.83. The smallest absolute Gasteiger partial charge is 0.279 e. The van der Waals surface area contributed by atoms with Crippen molar-refractivity contribution >= 4 is 11.3 Å². The van der Waals surface area contributed by atoms with E-state index in [1.165, 1.54) is 4.88 Å². The molecule has 0 spiro atoms. The first-order valence-corrected chi connectivity index (χ1v) is 6.36. The SMILES string of the molecule is CNCc1ccccc1Oc1nc(C)c(C)s1. The molecule has 0 fully saturated rings. The van der Waals surface area contributed by atoms with Gasteiger partial charge in [-0.1, -0.05) is 29.5 Å². The van der Waals surface area contributed by atoms with E-state index in [1.807, 2.05) is 32.2 Å². The highest BCUT2D eigenvalue weighted by molar-refractivity contribution is 7.13. The van der Waals surface area contributed by atoms with E-state index in [4.69, 9.17) is 4.74 Å². The lowest BCUT2D eigenvalue weighted by molar-refractivity contribution is 0.470. The average molecular weight is 248 g/mol. The highest BCUT2D eigenvalue weighted by Gasteiger charge is 2.08. The van der Waals surface area contributed by atoms with E-state index in [2.05, 4.69) is 23.3 Å². The molecule has 2 aromatic rings. The number of hydrogen-bond acceptors (Lipinski definition) is 4. The summed E-state index contributed by atoms with van der Waals surface area (Å²) >= 11 is 1.58. The molecule has 0 bridgehead atoms. The molecule has 0 atom stereocenters. The van der Waals surface area contributed by atoms with Gasteiger partial charge in [0.2, 0.25) is 0 Å². The molecular formula is C13H16N2OS. The molecule has 4 heteroatoms. The quantitative estimate of drug-likeness (QED) is 0.901. The number of nitrogens with zero attached hydrogens (tertiary/aromatic N) is 1. The Morgan fingerprint density at radius 2 is 2.06 bits per heavy atom. The third-order valence-electron chi connectivity index (χ3n) is 2.55. The number of hydrogen-bond donors (Lipinski definition) is 1. The summed E-state index contributed by atoms with van der Waals surface area (Å²) in [7, 11) is 1.93. The van der Waals surface area contributed by atoms with Crippen LogP contribution in [0.3, 0.4) is 0 Å². The summed E-state index contributed by atoms with van der Waals surface area (Å²) in [6, 6.07) is 8.01. The number of benzene rings is 1. The summed E-state index contributed by atoms with van der Waals surface area (Å²) in [5.74, 6) is 0.871. The van der Waals surface area contributed by atoms with Crippen LogP contribution < -0.4 is 10.1 Å². The number of rotatable bonds is 4. The molecule has 17 heavy (non-hydrogen) atoms. The fourth-order valence-electron chi connectivity index (χ4n) is 1.52. The van der Waals surface area contributed by atoms with Crippen molar-refractivity contribution < 1.29 is 4.74 Å². The fraction of sp³-hybridized carbons (Fsp3) is 0.308. The van der Waals surface area contributed by atoms with Gasteiger partial charge in [-0.05, 0) is 27.0 Å². The Hall–Kier alpha value is -1.39. The Morgan fingerprint density at radius 3 is 2.71 bits per heavy atom. The molecule has 0 radical (unpaired) electrons. The van der Waals surface area contributed by atoms with E-state index in [-0.39, 0.29) is 0 Å². The van der Waals surface area contributed by atoms with Crippen molar-refractivity contribution in [3.05, 3.63) is 40.4 Å². The monoisotopic (exact) mass is 248 g/mol. The Kier molecular flexibility index (Phi) is 3.76. The zero-order chi connectivity index (χ0) is 12.3. The normalized spacial score (nSPS) is 10.5. The van der Waals surface area contributed by atoms with Crippen LogP contribution in [0.2, 0.25) is 0 Å². The highest BCUT2D eigenvalue weighted by atomic mass is 32.1. The van der Waals surface area contributed by atoms with Crippen molar-refractivity contribution in [1.29, 1.82) is 0 Å². The van der Waals surface area contributed by atoms with Crippen molar-refractivity contribution in [1.82, 2.24) is 10.3 Å². The zero-order valence-corrected chi connectivity index (χ0v) is 11.1. The van der Waals surface area contributed by atoms with E-state index in [9.17, 15) is 0 Å². The van der Waals surface area contributed by atoms with Crippen LogP contribution in [0.5, 0.6) is 10.9 Å². The Bertz CT molecular complexity index is 488. The molecule has 1 aromatic carbocycles. The molecule has 0 aliphatic carbocycles. The molecule has 0 saturated carbocycles. The van der Waals surface area contributed by atoms with Gasteiger partial charge in [0.25, 0.3) is 5.19 Å². The highest BCUT2D eigenvalue weighted by Crippen LogP contribution is 2.30. The van der Waals surface area contributed by atoms with Crippen LogP contribution in [0.15, 0.2) is 24.3 Å². The van der Waals surface area contributed by atoms with Crippen molar-refractivity contribution in [3.8, 4) is 10.9 Å². The van der Waals surface area contributed by atoms with Crippen molar-refractivity contribution in [2.24, 2.45) is 0 Å². The van der Waals surface area contributed by atoms with Crippen LogP contribution in [0.25, 0.3) is 0 Å². The third kappa shape index (κ3) is 2.84. The number of aryl methyl sites for hydroxylation is 2. The van der Waals surface area contributed by atoms with E-state index in [0.29, 0.717) is 5.19 Å². The Labute approximate surface area is 105 Å². The first kappa shape index (κ1) is 12.1. The van der Waals surface area contributed by atoms with Crippen LogP contribution in [-0.2, 0) is 6.54 Å². The Balaban J connectivity index is 2.23. The lowest BCUT2D eigenvalue weighted by atomic mass is 10.2. The summed E-state index contributed by atoms with van der Waals surface area (Å²) in [6.07, 6.45) is 0. The molecule has 1 heterocycles. The predicted molar refractivity (Wildman–Crippen MR) is 70.9 cm³/mol. The first-order chi connectivity index (χ1) is 8.20. The van der Waals surface area contributed by atoms with Gasteiger partial charge in [-0.3, -0.25) is 0 Å². The maximum atomic E-state index is 5.83. The summed E-state index contributed by atoms with van der Waals surface area (Å²) in [5.41, 5.74) is 2.18. The van der Waals surface area contributed by atoms with Crippen LogP contribution in [0.4, 0.5) is 0 Å². The summed E-state index contributed by atoms with van der Waals surface area (Å²) in [6.45, 7) is 4.84. The number of para-hydroxylation sites is 1. The van der Waals surface area contributed by atoms with Gasteiger partial charge in [-0.15, -0.1) is 0 Å². The van der Waals surface area contributed by atoms with Gasteiger partial charge in [0.15, 0.2) is 0 Å². The maximum Gasteiger partial charge on any atom is 0.279 e. The Morgan fingerprint density at radius 1 is 1.29 bits per heavy atom. The molecule has 2 rings (SSSR count). The molecule has 0 unspecified atom stereocenters. The summed E-state index contributed by atoms with van der Waals surface area (Å²) in [5, 5.41) is 3.84. The van der Waals surface area contributed by atoms with E-state index in [0.717, 1.165) is 23.6 Å². The van der Waals surface area contributed by atoms with Gasteiger partial charge in [0.1, 0.15) is 5.75 Å². The van der Waals surface area contributed by atoms with Gasteiger partial charge in [-0.2, -0.15) is 0 Å². The van der Waals surface area contributed by atoms with E-state index in [1.54, 1.807) is 11.3 Å². The van der Waals surface area contributed by atoms with Crippen LogP contribution >= 0.6 is 11.3 Å². The van der Waals surface area contributed by atoms with Crippen LogP contribution in [0, 0.1) is 13.8 Å². The average Bonchev–Trinajstić information content (AvgIpc) is 2.61. The fourth-order valence-corrected chi connectivity index (χ4v) is 2.29. The van der Waals surface area contributed by atoms with Crippen LogP contribution in [-0.4, -0.2) is 12.0 Å². The van der Waals surface area contributed by atoms with Crippen LogP contribution in [0.1, 0.15) is 16.1 Å². The van der Waals surface area contributed by atoms with Crippen molar-refractivity contribution in [2.45, 2.75) is 20.4 Å². The molecule has 3 nitrogen and oxygen atoms in total. The number of thiazole rings is 1. The largest absolute Gasteiger partial charge is 0.431 e. The maximum absolute atomic E-state index is 5.83. The minimum Gasteiger partial charge on any atom is -0.431 e. The molecule has 0 aliphatic rings. The van der Waals surface area contributed by atoms with Gasteiger partial charge in [-0.25, -0.2) is 4.98 Å². The number of nitrogens with one attached hydrogen (secondary N) is 1. The van der Waals surface area contributed by atoms with Gasteiger partial charge in [0.05, 0.1) is 5.69 Å². The molecule has 0 amide bonds. The van der Waals surface area contributed by atoms with Crippen molar-refractivity contribution in [3.63, 3.8) is 0 Å². The lowest BCUT2D eigenvalue weighted by Crippen LogP contribution is -2.06. The molecule has 90 valence electrons. The topological polar surface area (TPSA) is 34.1 Å². The van der Waals surface area contributed by atoms with Gasteiger partial charge < -0.3 is 10.1 Å². The van der Waals surface area contributed by atoms with E-state index >= 15 is 0 Å². The summed E-state index contributed by atoms with van der Waals surface area (Å²) in [4.78, 5) is 5.58. The molecule has 1 aromatic heterocycles. The predicted octanol–water partition coefficient (Wildman–Crippen LogP) is 3.27. The molecular weight excluding hydrogens is 232 g/mol. The molecule has 1 N–H and O–H groups in total. The van der Waals surface area contributed by atoms with Gasteiger partial charge in [0, 0.05) is 17.0 Å². The van der Waals surface area contributed by atoms with Crippen molar-refractivity contribution in [2.75, 3.05) is 7.05 Å².